The van der Waals surface area contributed by atoms with Gasteiger partial charge < -0.3 is 20.6 Å². The molecule has 0 bridgehead atoms. The van der Waals surface area contributed by atoms with Crippen molar-refractivity contribution in [3.8, 4) is 0 Å². The first-order valence-corrected chi connectivity index (χ1v) is 7.07. The van der Waals surface area contributed by atoms with Gasteiger partial charge in [0.25, 0.3) is 0 Å². The van der Waals surface area contributed by atoms with E-state index in [2.05, 4.69) is 29.1 Å². The number of aliphatic hydroxyl groups is 3. The molecule has 114 valence electrons. The molecule has 4 N–H and O–H groups in total. The van der Waals surface area contributed by atoms with Crippen molar-refractivity contribution < 1.29 is 15.3 Å². The highest BCUT2D eigenvalue weighted by Crippen LogP contribution is 2.05. The number of aliphatic hydroxyl groups excluding tert-OH is 3. The van der Waals surface area contributed by atoms with Gasteiger partial charge in [0.1, 0.15) is 6.10 Å². The molecule has 0 spiro atoms. The van der Waals surface area contributed by atoms with Gasteiger partial charge in [-0.1, -0.05) is 6.92 Å². The van der Waals surface area contributed by atoms with Crippen LogP contribution in [0.5, 0.6) is 0 Å². The molecule has 0 aromatic carbocycles. The van der Waals surface area contributed by atoms with E-state index >= 15 is 0 Å². The molecule has 0 saturated carbocycles. The molecule has 3 atom stereocenters. The molecule has 0 aliphatic heterocycles. The summed E-state index contributed by atoms with van der Waals surface area (Å²) in [6.07, 6.45) is 3.18. The second-order valence-corrected chi connectivity index (χ2v) is 5.02. The highest BCUT2D eigenvalue weighted by Gasteiger charge is 2.16. The van der Waals surface area contributed by atoms with Crippen molar-refractivity contribution in [2.45, 2.75) is 51.4 Å². The molecule has 6 heteroatoms. The lowest BCUT2D eigenvalue weighted by molar-refractivity contribution is -0.0137. The minimum Gasteiger partial charge on any atom is -0.394 e. The van der Waals surface area contributed by atoms with Crippen LogP contribution in [0, 0.1) is 0 Å². The van der Waals surface area contributed by atoms with Crippen molar-refractivity contribution in [2.75, 3.05) is 13.2 Å². The average Bonchev–Trinajstić information content (AvgIpc) is 2.46. The van der Waals surface area contributed by atoms with E-state index in [4.69, 9.17) is 5.11 Å². The molecule has 6 nitrogen and oxygen atoms in total. The lowest BCUT2D eigenvalue weighted by Crippen LogP contribution is -2.31. The zero-order valence-electron chi connectivity index (χ0n) is 12.2. The summed E-state index contributed by atoms with van der Waals surface area (Å²) in [4.78, 5) is 8.53. The van der Waals surface area contributed by atoms with E-state index in [-0.39, 0.29) is 6.42 Å². The van der Waals surface area contributed by atoms with Crippen LogP contribution in [0.3, 0.4) is 0 Å². The molecular formula is C14H25N3O3. The summed E-state index contributed by atoms with van der Waals surface area (Å²) >= 11 is 0. The van der Waals surface area contributed by atoms with E-state index in [9.17, 15) is 10.2 Å². The van der Waals surface area contributed by atoms with Crippen LogP contribution in [-0.4, -0.2) is 56.7 Å². The van der Waals surface area contributed by atoms with Crippen LogP contribution in [0.25, 0.3) is 0 Å². The van der Waals surface area contributed by atoms with Gasteiger partial charge in [-0.05, 0) is 26.3 Å². The normalized spacial score (nSPS) is 15.8. The van der Waals surface area contributed by atoms with Crippen LogP contribution >= 0.6 is 0 Å². The Balaban J connectivity index is 2.44. The largest absolute Gasteiger partial charge is 0.394 e. The molecule has 20 heavy (non-hydrogen) atoms. The fourth-order valence-corrected chi connectivity index (χ4v) is 1.90. The number of hydrogen-bond donors (Lipinski definition) is 4. The molecular weight excluding hydrogens is 258 g/mol. The Morgan fingerprint density at radius 2 is 1.80 bits per heavy atom. The minimum atomic E-state index is -1.14. The topological polar surface area (TPSA) is 98.5 Å². The van der Waals surface area contributed by atoms with Gasteiger partial charge in [-0.2, -0.15) is 0 Å². The van der Waals surface area contributed by atoms with Crippen LogP contribution in [0.2, 0.25) is 0 Å². The van der Waals surface area contributed by atoms with Crippen LogP contribution in [0.15, 0.2) is 12.4 Å². The van der Waals surface area contributed by atoms with Gasteiger partial charge in [-0.15, -0.1) is 0 Å². The van der Waals surface area contributed by atoms with E-state index in [1.807, 2.05) is 0 Å². The van der Waals surface area contributed by atoms with Crippen molar-refractivity contribution in [1.82, 2.24) is 15.3 Å². The Kier molecular flexibility index (Phi) is 7.61. The molecule has 0 saturated heterocycles. The van der Waals surface area contributed by atoms with E-state index in [1.54, 1.807) is 12.4 Å². The molecule has 0 aliphatic rings. The van der Waals surface area contributed by atoms with Gasteiger partial charge in [0.05, 0.1) is 24.1 Å². The van der Waals surface area contributed by atoms with Gasteiger partial charge >= 0.3 is 0 Å². The van der Waals surface area contributed by atoms with Crippen molar-refractivity contribution in [2.24, 2.45) is 0 Å². The Bertz CT molecular complexity index is 372. The number of aryl methyl sites for hydroxylation is 1. The minimum absolute atomic E-state index is 0.183. The first-order chi connectivity index (χ1) is 9.56. The molecule has 1 aromatic heterocycles. The third-order valence-corrected chi connectivity index (χ3v) is 3.19. The zero-order valence-corrected chi connectivity index (χ0v) is 12.2. The lowest BCUT2D eigenvalue weighted by atomic mass is 10.1. The van der Waals surface area contributed by atoms with Gasteiger partial charge in [-0.25, -0.2) is 0 Å². The van der Waals surface area contributed by atoms with Gasteiger partial charge in [0.15, 0.2) is 0 Å². The van der Waals surface area contributed by atoms with E-state index < -0.39 is 18.8 Å². The second-order valence-electron chi connectivity index (χ2n) is 5.02. The fraction of sp³-hybridized carbons (Fsp3) is 0.714. The maximum Gasteiger partial charge on any atom is 0.103 e. The number of nitrogens with one attached hydrogen (secondary N) is 1. The number of aromatic nitrogens is 2. The number of rotatable bonds is 9. The third kappa shape index (κ3) is 5.92. The van der Waals surface area contributed by atoms with Gasteiger partial charge in [0.2, 0.25) is 0 Å². The number of hydrogen-bond acceptors (Lipinski definition) is 6. The maximum absolute atomic E-state index is 9.59. The van der Waals surface area contributed by atoms with Crippen LogP contribution in [-0.2, 0) is 12.8 Å². The fourth-order valence-electron chi connectivity index (χ4n) is 1.90. The highest BCUT2D eigenvalue weighted by atomic mass is 16.4. The van der Waals surface area contributed by atoms with Crippen molar-refractivity contribution >= 4 is 0 Å². The summed E-state index contributed by atoms with van der Waals surface area (Å²) < 4.78 is 0. The van der Waals surface area contributed by atoms with Gasteiger partial charge in [0, 0.05) is 24.9 Å². The Hall–Kier alpha value is -1.08. The predicted molar refractivity (Wildman–Crippen MR) is 76.3 cm³/mol. The maximum atomic E-state index is 9.59. The molecule has 1 rings (SSSR count). The molecule has 1 aromatic rings. The van der Waals surface area contributed by atoms with Crippen LogP contribution in [0.1, 0.15) is 31.7 Å². The highest BCUT2D eigenvalue weighted by molar-refractivity contribution is 5.04. The molecule has 1 heterocycles. The molecule has 0 radical (unpaired) electrons. The lowest BCUT2D eigenvalue weighted by Gasteiger charge is -2.15. The predicted octanol–water partition coefficient (Wildman–Crippen LogP) is -0.336. The number of nitrogens with zero attached hydrogens (tertiary/aromatic N) is 2. The van der Waals surface area contributed by atoms with E-state index in [1.165, 1.54) is 0 Å². The van der Waals surface area contributed by atoms with Crippen molar-refractivity contribution in [3.63, 3.8) is 0 Å². The van der Waals surface area contributed by atoms with Crippen LogP contribution < -0.4 is 5.32 Å². The van der Waals surface area contributed by atoms with Gasteiger partial charge in [-0.3, -0.25) is 9.97 Å². The summed E-state index contributed by atoms with van der Waals surface area (Å²) in [5.41, 5.74) is 1.52. The Morgan fingerprint density at radius 3 is 2.35 bits per heavy atom. The van der Waals surface area contributed by atoms with Crippen molar-refractivity contribution in [1.29, 1.82) is 0 Å². The summed E-state index contributed by atoms with van der Waals surface area (Å²) in [6, 6.07) is 0.447. The smallest absolute Gasteiger partial charge is 0.103 e. The summed E-state index contributed by atoms with van der Waals surface area (Å²) in [7, 11) is 0. The summed E-state index contributed by atoms with van der Waals surface area (Å²) in [5.74, 6) is 0. The first kappa shape index (κ1) is 17.0. The second kappa shape index (κ2) is 8.97. The SMILES string of the molecule is CCN[C@@H](C)CCc1cnc(C[C@H](O)[C@H](O)CO)cn1. The monoisotopic (exact) mass is 283 g/mol. The van der Waals surface area contributed by atoms with Crippen LogP contribution in [0.4, 0.5) is 0 Å². The standard InChI is InChI=1S/C14H25N3O3/c1-3-15-10(2)4-5-11-7-17-12(8-16-11)6-13(19)14(20)9-18/h7-8,10,13-15,18-20H,3-6,9H2,1-2H3/t10-,13-,14+/m0/s1. The van der Waals surface area contributed by atoms with E-state index in [0.29, 0.717) is 11.7 Å². The van der Waals surface area contributed by atoms with Crippen molar-refractivity contribution in [3.05, 3.63) is 23.8 Å². The van der Waals surface area contributed by atoms with E-state index in [0.717, 1.165) is 25.1 Å². The molecule has 0 amide bonds. The summed E-state index contributed by atoms with van der Waals surface area (Å²) in [5, 5.41) is 31.0. The Labute approximate surface area is 119 Å². The Morgan fingerprint density at radius 1 is 1.15 bits per heavy atom. The summed E-state index contributed by atoms with van der Waals surface area (Å²) in [6.45, 7) is 4.71. The zero-order chi connectivity index (χ0) is 15.0. The molecule has 0 fully saturated rings. The first-order valence-electron chi connectivity index (χ1n) is 7.07. The average molecular weight is 283 g/mol. The third-order valence-electron chi connectivity index (χ3n) is 3.19. The quantitative estimate of drug-likeness (QED) is 0.495. The molecule has 0 unspecified atom stereocenters. The molecule has 0 aliphatic carbocycles.